The molecule has 11 heteroatoms. The Hall–Kier alpha value is -3.34. The normalized spacial score (nSPS) is 12.4. The minimum atomic E-state index is -4.69. The van der Waals surface area contributed by atoms with Gasteiger partial charge in [0, 0.05) is 18.3 Å². The van der Waals surface area contributed by atoms with Crippen molar-refractivity contribution in [2.75, 3.05) is 32.6 Å². The summed E-state index contributed by atoms with van der Waals surface area (Å²) in [6.07, 6.45) is -5.54. The summed E-state index contributed by atoms with van der Waals surface area (Å²) in [4.78, 5) is 24.1. The van der Waals surface area contributed by atoms with Crippen molar-refractivity contribution < 1.29 is 32.4 Å². The Labute approximate surface area is 176 Å². The van der Waals surface area contributed by atoms with Gasteiger partial charge in [-0.2, -0.15) is 13.2 Å². The first-order valence-corrected chi connectivity index (χ1v) is 9.18. The molecule has 1 atom stereocenters. The molecule has 2 aromatic rings. The van der Waals surface area contributed by atoms with Crippen LogP contribution in [0.4, 0.5) is 30.2 Å². The van der Waals surface area contributed by atoms with Crippen LogP contribution in [0.2, 0.25) is 0 Å². The van der Waals surface area contributed by atoms with E-state index in [4.69, 9.17) is 9.47 Å². The number of nitrogens with zero attached hydrogens (tertiary/aromatic N) is 2. The lowest BCUT2D eigenvalue weighted by Crippen LogP contribution is -2.29. The van der Waals surface area contributed by atoms with E-state index in [2.05, 4.69) is 5.32 Å². The molecule has 0 aromatic heterocycles. The molecule has 0 aliphatic heterocycles. The number of carbonyl (C=O) groups excluding carboxylic acids is 1. The number of esters is 1. The fourth-order valence-electron chi connectivity index (χ4n) is 2.44. The highest BCUT2D eigenvalue weighted by atomic mass is 19.4. The van der Waals surface area contributed by atoms with Crippen LogP contribution >= 0.6 is 0 Å². The van der Waals surface area contributed by atoms with Gasteiger partial charge in [0.2, 0.25) is 0 Å². The van der Waals surface area contributed by atoms with Crippen molar-refractivity contribution in [3.63, 3.8) is 0 Å². The second kappa shape index (κ2) is 10.1. The second-order valence-corrected chi connectivity index (χ2v) is 6.87. The number of hydrogen-bond donors (Lipinski definition) is 1. The fraction of sp³-hybridized carbons (Fsp3) is 0.350. The first kappa shape index (κ1) is 23.9. The molecule has 0 amide bonds. The number of ether oxygens (including phenoxy) is 2. The van der Waals surface area contributed by atoms with Gasteiger partial charge < -0.3 is 19.7 Å². The van der Waals surface area contributed by atoms with Crippen LogP contribution in [0.25, 0.3) is 0 Å². The molecule has 0 bridgehead atoms. The van der Waals surface area contributed by atoms with E-state index in [1.165, 1.54) is 31.2 Å². The number of nitro groups is 1. The van der Waals surface area contributed by atoms with E-state index in [1.54, 1.807) is 0 Å². The molecule has 2 rings (SSSR count). The summed E-state index contributed by atoms with van der Waals surface area (Å²) in [5.74, 6) is -0.172. The van der Waals surface area contributed by atoms with E-state index in [-0.39, 0.29) is 12.3 Å². The van der Waals surface area contributed by atoms with Gasteiger partial charge in [-0.3, -0.25) is 10.1 Å². The maximum absolute atomic E-state index is 12.8. The zero-order valence-electron chi connectivity index (χ0n) is 17.1. The Morgan fingerprint density at radius 1 is 1.19 bits per heavy atom. The van der Waals surface area contributed by atoms with Crippen LogP contribution in [0.1, 0.15) is 12.5 Å². The average Bonchev–Trinajstić information content (AvgIpc) is 2.68. The largest absolute Gasteiger partial charge is 0.479 e. The molecule has 8 nitrogen and oxygen atoms in total. The number of anilines is 2. The maximum Gasteiger partial charge on any atom is 0.416 e. The van der Waals surface area contributed by atoms with Crippen molar-refractivity contribution in [1.29, 1.82) is 0 Å². The minimum absolute atomic E-state index is 0.0930. The van der Waals surface area contributed by atoms with E-state index >= 15 is 0 Å². The summed E-state index contributed by atoms with van der Waals surface area (Å²) in [5, 5.41) is 13.9. The van der Waals surface area contributed by atoms with Gasteiger partial charge >= 0.3 is 12.1 Å². The lowest BCUT2D eigenvalue weighted by molar-refractivity contribution is -0.384. The highest BCUT2D eigenvalue weighted by Gasteiger charge is 2.33. The predicted octanol–water partition coefficient (Wildman–Crippen LogP) is 4.23. The molecule has 1 N–H and O–H groups in total. The third-order valence-corrected chi connectivity index (χ3v) is 4.08. The lowest BCUT2D eigenvalue weighted by atomic mass is 10.1. The molecule has 0 aliphatic rings. The molecule has 0 saturated heterocycles. The van der Waals surface area contributed by atoms with Gasteiger partial charge in [-0.25, -0.2) is 4.79 Å². The third-order valence-electron chi connectivity index (χ3n) is 4.08. The first-order chi connectivity index (χ1) is 14.5. The summed E-state index contributed by atoms with van der Waals surface area (Å²) in [7, 11) is 3.70. The monoisotopic (exact) mass is 441 g/mol. The Kier molecular flexibility index (Phi) is 7.81. The molecular weight excluding hydrogens is 419 g/mol. The van der Waals surface area contributed by atoms with Crippen molar-refractivity contribution >= 4 is 23.0 Å². The number of benzene rings is 2. The zero-order valence-corrected chi connectivity index (χ0v) is 17.1. The summed E-state index contributed by atoms with van der Waals surface area (Å²) < 4.78 is 49.0. The molecule has 31 heavy (non-hydrogen) atoms. The van der Waals surface area contributed by atoms with Gasteiger partial charge in [0.05, 0.1) is 10.5 Å². The number of carbonyl (C=O) groups is 1. The SMILES string of the molecule is CC(Oc1ccc(Nc2ccc(C(F)(F)F)cc2[N+](=O)[O-])cc1)C(=O)OCCN(C)C. The summed E-state index contributed by atoms with van der Waals surface area (Å²) in [6, 6.07) is 8.29. The van der Waals surface area contributed by atoms with E-state index in [9.17, 15) is 28.1 Å². The Morgan fingerprint density at radius 3 is 2.39 bits per heavy atom. The zero-order chi connectivity index (χ0) is 23.2. The molecule has 0 spiro atoms. The maximum atomic E-state index is 12.8. The van der Waals surface area contributed by atoms with E-state index < -0.39 is 34.4 Å². The number of nitro benzene ring substituents is 1. The van der Waals surface area contributed by atoms with E-state index in [1.807, 2.05) is 19.0 Å². The van der Waals surface area contributed by atoms with Gasteiger partial charge in [-0.1, -0.05) is 0 Å². The van der Waals surface area contributed by atoms with Crippen molar-refractivity contribution in [3.05, 3.63) is 58.1 Å². The number of nitrogens with one attached hydrogen (secondary N) is 1. The lowest BCUT2D eigenvalue weighted by Gasteiger charge is -2.16. The first-order valence-electron chi connectivity index (χ1n) is 9.18. The van der Waals surface area contributed by atoms with Crippen molar-refractivity contribution in [1.82, 2.24) is 4.90 Å². The van der Waals surface area contributed by atoms with E-state index in [0.717, 1.165) is 12.1 Å². The van der Waals surface area contributed by atoms with Gasteiger partial charge in [-0.15, -0.1) is 0 Å². The number of hydrogen-bond acceptors (Lipinski definition) is 7. The van der Waals surface area contributed by atoms with Crippen LogP contribution in [0.3, 0.4) is 0 Å². The fourth-order valence-corrected chi connectivity index (χ4v) is 2.44. The standard InChI is InChI=1S/C20H22F3N3O5/c1-13(19(27)30-11-10-25(2)3)31-16-7-5-15(6-8-16)24-17-9-4-14(20(21,22)23)12-18(17)26(28)29/h4-9,12-13,24H,10-11H2,1-3H3. The smallest absolute Gasteiger partial charge is 0.416 e. The van der Waals surface area contributed by atoms with Crippen LogP contribution in [0.5, 0.6) is 5.75 Å². The molecule has 0 heterocycles. The highest BCUT2D eigenvalue weighted by Crippen LogP contribution is 2.36. The topological polar surface area (TPSA) is 93.9 Å². The summed E-state index contributed by atoms with van der Waals surface area (Å²) in [6.45, 7) is 2.35. The average molecular weight is 441 g/mol. The quantitative estimate of drug-likeness (QED) is 0.354. The molecule has 0 radical (unpaired) electrons. The Morgan fingerprint density at radius 2 is 1.84 bits per heavy atom. The van der Waals surface area contributed by atoms with Crippen LogP contribution in [-0.2, 0) is 15.7 Å². The van der Waals surface area contributed by atoms with Crippen LogP contribution in [0, 0.1) is 10.1 Å². The molecule has 1 unspecified atom stereocenters. The Bertz CT molecular complexity index is 917. The van der Waals surface area contributed by atoms with Crippen molar-refractivity contribution in [2.24, 2.45) is 0 Å². The molecule has 168 valence electrons. The van der Waals surface area contributed by atoms with Crippen LogP contribution in [0.15, 0.2) is 42.5 Å². The molecule has 2 aromatic carbocycles. The highest BCUT2D eigenvalue weighted by molar-refractivity contribution is 5.75. The van der Waals surface area contributed by atoms with Gasteiger partial charge in [-0.05, 0) is 57.4 Å². The molecule has 0 fully saturated rings. The predicted molar refractivity (Wildman–Crippen MR) is 107 cm³/mol. The molecule has 0 aliphatic carbocycles. The minimum Gasteiger partial charge on any atom is -0.479 e. The second-order valence-electron chi connectivity index (χ2n) is 6.87. The number of likely N-dealkylation sites (N-methyl/N-ethyl adjacent to an activating group) is 1. The van der Waals surface area contributed by atoms with Gasteiger partial charge in [0.15, 0.2) is 6.10 Å². The van der Waals surface area contributed by atoms with Crippen molar-refractivity contribution in [3.8, 4) is 5.75 Å². The number of rotatable bonds is 9. The number of alkyl halides is 3. The van der Waals surface area contributed by atoms with Crippen LogP contribution in [-0.4, -0.2) is 49.1 Å². The summed E-state index contributed by atoms with van der Waals surface area (Å²) >= 11 is 0. The Balaban J connectivity index is 2.04. The van der Waals surface area contributed by atoms with Crippen molar-refractivity contribution in [2.45, 2.75) is 19.2 Å². The van der Waals surface area contributed by atoms with Crippen LogP contribution < -0.4 is 10.1 Å². The van der Waals surface area contributed by atoms with Gasteiger partial charge in [0.25, 0.3) is 5.69 Å². The number of halogens is 3. The summed E-state index contributed by atoms with van der Waals surface area (Å²) in [5.41, 5.74) is -1.52. The molecular formula is C20H22F3N3O5. The molecule has 0 saturated carbocycles. The van der Waals surface area contributed by atoms with Gasteiger partial charge in [0.1, 0.15) is 18.0 Å². The van der Waals surface area contributed by atoms with E-state index in [0.29, 0.717) is 24.0 Å². The third kappa shape index (κ3) is 7.14.